The van der Waals surface area contributed by atoms with Gasteiger partial charge in [0.2, 0.25) is 0 Å². The van der Waals surface area contributed by atoms with Gasteiger partial charge in [0.15, 0.2) is 0 Å². The Bertz CT molecular complexity index is 580. The van der Waals surface area contributed by atoms with Gasteiger partial charge in [-0.05, 0) is 57.1 Å². The molecule has 0 spiro atoms. The summed E-state index contributed by atoms with van der Waals surface area (Å²) in [5.41, 5.74) is 1.09. The third kappa shape index (κ3) is 4.11. The van der Waals surface area contributed by atoms with Crippen LogP contribution in [0.4, 0.5) is 0 Å². The van der Waals surface area contributed by atoms with Crippen molar-refractivity contribution >= 4 is 15.9 Å². The molecule has 0 fully saturated rings. The van der Waals surface area contributed by atoms with Crippen molar-refractivity contribution in [2.24, 2.45) is 0 Å². The van der Waals surface area contributed by atoms with Crippen molar-refractivity contribution in [2.45, 2.75) is 33.2 Å². The summed E-state index contributed by atoms with van der Waals surface area (Å²) in [7, 11) is 0. The molecule has 114 valence electrons. The molecule has 3 nitrogen and oxygen atoms in total. The third-order valence-corrected chi connectivity index (χ3v) is 3.72. The quantitative estimate of drug-likeness (QED) is 0.774. The van der Waals surface area contributed by atoms with Crippen LogP contribution >= 0.6 is 15.9 Å². The molecule has 0 radical (unpaired) electrons. The van der Waals surface area contributed by atoms with Crippen molar-refractivity contribution in [1.82, 2.24) is 5.32 Å². The summed E-state index contributed by atoms with van der Waals surface area (Å²) in [6, 6.07) is 10.1. The predicted molar refractivity (Wildman–Crippen MR) is 88.9 cm³/mol. The molecular weight excluding hydrogens is 330 g/mol. The van der Waals surface area contributed by atoms with Crippen molar-refractivity contribution in [2.75, 3.05) is 13.2 Å². The van der Waals surface area contributed by atoms with E-state index in [0.29, 0.717) is 6.61 Å². The molecule has 2 rings (SSSR count). The summed E-state index contributed by atoms with van der Waals surface area (Å²) in [5, 5.41) is 3.55. The minimum Gasteiger partial charge on any atom is -0.494 e. The van der Waals surface area contributed by atoms with Gasteiger partial charge in [-0.1, -0.05) is 22.9 Å². The van der Waals surface area contributed by atoms with Crippen LogP contribution in [-0.4, -0.2) is 13.2 Å². The number of ether oxygens (including phenoxy) is 1. The van der Waals surface area contributed by atoms with Gasteiger partial charge in [0.25, 0.3) is 0 Å². The van der Waals surface area contributed by atoms with Crippen LogP contribution in [0.5, 0.6) is 5.75 Å². The molecule has 0 bridgehead atoms. The van der Waals surface area contributed by atoms with E-state index in [-0.39, 0.29) is 6.04 Å². The zero-order chi connectivity index (χ0) is 15.2. The van der Waals surface area contributed by atoms with Gasteiger partial charge >= 0.3 is 0 Å². The Balaban J connectivity index is 2.42. The summed E-state index contributed by atoms with van der Waals surface area (Å²) in [5.74, 6) is 2.73. The van der Waals surface area contributed by atoms with Gasteiger partial charge in [0, 0.05) is 10.0 Å². The second-order valence-electron chi connectivity index (χ2n) is 4.95. The van der Waals surface area contributed by atoms with Crippen molar-refractivity contribution in [3.63, 3.8) is 0 Å². The maximum absolute atomic E-state index is 5.84. The van der Waals surface area contributed by atoms with E-state index in [1.165, 1.54) is 0 Å². The van der Waals surface area contributed by atoms with Crippen LogP contribution in [0.1, 0.15) is 43.4 Å². The largest absolute Gasteiger partial charge is 0.494 e. The van der Waals surface area contributed by atoms with E-state index in [1.54, 1.807) is 0 Å². The van der Waals surface area contributed by atoms with E-state index < -0.39 is 0 Å². The number of furan rings is 1. The van der Waals surface area contributed by atoms with Crippen LogP contribution < -0.4 is 10.1 Å². The van der Waals surface area contributed by atoms with Crippen LogP contribution in [-0.2, 0) is 0 Å². The molecule has 1 aromatic carbocycles. The van der Waals surface area contributed by atoms with E-state index in [4.69, 9.17) is 9.15 Å². The summed E-state index contributed by atoms with van der Waals surface area (Å²) in [6.07, 6.45) is 1.06. The van der Waals surface area contributed by atoms with Crippen molar-refractivity contribution in [3.05, 3.63) is 51.9 Å². The van der Waals surface area contributed by atoms with Crippen LogP contribution in [0.3, 0.4) is 0 Å². The first-order chi connectivity index (χ1) is 10.2. The molecule has 1 atom stereocenters. The predicted octanol–water partition coefficient (Wildman–Crippen LogP) is 4.84. The first kappa shape index (κ1) is 16.1. The molecular formula is C17H22BrNO2. The fourth-order valence-corrected chi connectivity index (χ4v) is 2.67. The Morgan fingerprint density at radius 1 is 1.24 bits per heavy atom. The standard InChI is InChI=1S/C17H22BrNO2/c1-4-10-19-17(16-8-6-12(3)21-16)14-11-13(18)7-9-15(14)20-5-2/h6-9,11,17,19H,4-5,10H2,1-3H3. The van der Waals surface area contributed by atoms with E-state index >= 15 is 0 Å². The Kier molecular flexibility index (Phi) is 5.88. The minimum absolute atomic E-state index is 0.00213. The van der Waals surface area contributed by atoms with Gasteiger partial charge in [0.05, 0.1) is 12.6 Å². The molecule has 1 N–H and O–H groups in total. The highest BCUT2D eigenvalue weighted by Crippen LogP contribution is 2.33. The van der Waals surface area contributed by atoms with Gasteiger partial charge in [-0.15, -0.1) is 0 Å². The number of hydrogen-bond acceptors (Lipinski definition) is 3. The molecule has 4 heteroatoms. The molecule has 2 aromatic rings. The Morgan fingerprint density at radius 2 is 2.05 bits per heavy atom. The number of aryl methyl sites for hydroxylation is 1. The average molecular weight is 352 g/mol. The summed E-state index contributed by atoms with van der Waals surface area (Å²) < 4.78 is 12.7. The Hall–Kier alpha value is -1.26. The zero-order valence-electron chi connectivity index (χ0n) is 12.8. The SMILES string of the molecule is CCCNC(c1ccc(C)o1)c1cc(Br)ccc1OCC. The van der Waals surface area contributed by atoms with Crippen LogP contribution in [0.15, 0.2) is 39.2 Å². The molecule has 1 unspecified atom stereocenters. The van der Waals surface area contributed by atoms with Crippen molar-refractivity contribution in [3.8, 4) is 5.75 Å². The lowest BCUT2D eigenvalue weighted by Crippen LogP contribution is -2.23. The normalized spacial score (nSPS) is 12.4. The second kappa shape index (κ2) is 7.66. The van der Waals surface area contributed by atoms with E-state index in [0.717, 1.165) is 40.3 Å². The molecule has 0 aliphatic rings. The molecule has 0 amide bonds. The van der Waals surface area contributed by atoms with Gasteiger partial charge < -0.3 is 14.5 Å². The topological polar surface area (TPSA) is 34.4 Å². The van der Waals surface area contributed by atoms with Crippen LogP contribution in [0.2, 0.25) is 0 Å². The summed E-state index contributed by atoms with van der Waals surface area (Å²) in [4.78, 5) is 0. The van der Waals surface area contributed by atoms with Gasteiger partial charge in [-0.2, -0.15) is 0 Å². The second-order valence-corrected chi connectivity index (χ2v) is 5.87. The fraction of sp³-hybridized carbons (Fsp3) is 0.412. The minimum atomic E-state index is -0.00213. The molecule has 0 aliphatic carbocycles. The number of nitrogens with one attached hydrogen (secondary N) is 1. The first-order valence-electron chi connectivity index (χ1n) is 7.37. The van der Waals surface area contributed by atoms with Crippen LogP contribution in [0.25, 0.3) is 0 Å². The van der Waals surface area contributed by atoms with Gasteiger partial charge in [0.1, 0.15) is 17.3 Å². The lowest BCUT2D eigenvalue weighted by Gasteiger charge is -2.20. The highest BCUT2D eigenvalue weighted by molar-refractivity contribution is 9.10. The highest BCUT2D eigenvalue weighted by Gasteiger charge is 2.21. The highest BCUT2D eigenvalue weighted by atomic mass is 79.9. The first-order valence-corrected chi connectivity index (χ1v) is 8.17. The number of halogens is 1. The maximum atomic E-state index is 5.84. The maximum Gasteiger partial charge on any atom is 0.125 e. The molecule has 0 aliphatic heterocycles. The molecule has 0 saturated carbocycles. The number of hydrogen-bond donors (Lipinski definition) is 1. The third-order valence-electron chi connectivity index (χ3n) is 3.23. The lowest BCUT2D eigenvalue weighted by molar-refractivity contribution is 0.329. The average Bonchev–Trinajstić information content (AvgIpc) is 2.89. The van der Waals surface area contributed by atoms with Crippen LogP contribution in [0, 0.1) is 6.92 Å². The summed E-state index contributed by atoms with van der Waals surface area (Å²) >= 11 is 3.55. The van der Waals surface area contributed by atoms with E-state index in [1.807, 2.05) is 38.1 Å². The summed E-state index contributed by atoms with van der Waals surface area (Å²) in [6.45, 7) is 7.68. The van der Waals surface area contributed by atoms with Crippen molar-refractivity contribution in [1.29, 1.82) is 0 Å². The van der Waals surface area contributed by atoms with E-state index in [9.17, 15) is 0 Å². The Morgan fingerprint density at radius 3 is 2.67 bits per heavy atom. The monoisotopic (exact) mass is 351 g/mol. The zero-order valence-corrected chi connectivity index (χ0v) is 14.4. The molecule has 1 aromatic heterocycles. The van der Waals surface area contributed by atoms with E-state index in [2.05, 4.69) is 34.2 Å². The smallest absolute Gasteiger partial charge is 0.125 e. The fourth-order valence-electron chi connectivity index (χ4n) is 2.29. The molecule has 0 saturated heterocycles. The Labute approximate surface area is 134 Å². The lowest BCUT2D eigenvalue weighted by atomic mass is 10.0. The number of benzene rings is 1. The molecule has 21 heavy (non-hydrogen) atoms. The molecule has 1 heterocycles. The van der Waals surface area contributed by atoms with Crippen molar-refractivity contribution < 1.29 is 9.15 Å². The number of rotatable bonds is 7. The van der Waals surface area contributed by atoms with Gasteiger partial charge in [-0.25, -0.2) is 0 Å². The van der Waals surface area contributed by atoms with Gasteiger partial charge in [-0.3, -0.25) is 0 Å².